The molecule has 1 saturated carbocycles. The lowest BCUT2D eigenvalue weighted by atomic mass is 9.90. The van der Waals surface area contributed by atoms with Crippen LogP contribution in [0.15, 0.2) is 54.6 Å². The minimum absolute atomic E-state index is 0.436. The van der Waals surface area contributed by atoms with Crippen LogP contribution in [0.5, 0.6) is 0 Å². The van der Waals surface area contributed by atoms with Crippen LogP contribution in [0.4, 0.5) is 11.8 Å². The molecule has 1 aliphatic rings. The Kier molecular flexibility index (Phi) is 6.48. The highest BCUT2D eigenvalue weighted by molar-refractivity contribution is 5.90. The molecule has 30 heavy (non-hydrogen) atoms. The number of nitrogens with zero attached hydrogens (tertiary/aromatic N) is 3. The van der Waals surface area contributed by atoms with Crippen LogP contribution in [0.1, 0.15) is 44.1 Å². The van der Waals surface area contributed by atoms with Crippen molar-refractivity contribution in [2.75, 3.05) is 30.9 Å². The summed E-state index contributed by atoms with van der Waals surface area (Å²) in [5.74, 6) is 2.25. The van der Waals surface area contributed by atoms with Crippen LogP contribution < -0.4 is 15.5 Å². The number of aromatic nitrogens is 2. The van der Waals surface area contributed by atoms with E-state index in [1.807, 2.05) is 26.2 Å². The van der Waals surface area contributed by atoms with Crippen LogP contribution in [0.2, 0.25) is 0 Å². The van der Waals surface area contributed by atoms with Gasteiger partial charge in [0.2, 0.25) is 5.95 Å². The minimum atomic E-state index is 0.436. The van der Waals surface area contributed by atoms with Crippen molar-refractivity contribution in [2.24, 2.45) is 0 Å². The van der Waals surface area contributed by atoms with Gasteiger partial charge in [0.05, 0.1) is 5.52 Å². The fraction of sp³-hybridized carbons (Fsp3) is 0.440. The number of benzene rings is 2. The third kappa shape index (κ3) is 4.90. The second-order valence-corrected chi connectivity index (χ2v) is 8.70. The summed E-state index contributed by atoms with van der Waals surface area (Å²) in [5, 5.41) is 8.48. The molecule has 1 heterocycles. The zero-order chi connectivity index (χ0) is 20.9. The van der Waals surface area contributed by atoms with E-state index in [0.717, 1.165) is 42.1 Å². The van der Waals surface area contributed by atoms with Gasteiger partial charge in [-0.1, -0.05) is 49.4 Å². The molecule has 3 aromatic rings. The molecule has 1 fully saturated rings. The molecule has 0 bridgehead atoms. The van der Waals surface area contributed by atoms with Crippen LogP contribution in [0.3, 0.4) is 0 Å². The van der Waals surface area contributed by atoms with E-state index in [2.05, 4.69) is 64.9 Å². The molecule has 1 aromatic heterocycles. The van der Waals surface area contributed by atoms with Crippen LogP contribution in [0, 0.1) is 0 Å². The third-order valence-electron chi connectivity index (χ3n) is 6.15. The molecule has 2 N–H and O–H groups in total. The van der Waals surface area contributed by atoms with Crippen molar-refractivity contribution in [3.63, 3.8) is 0 Å². The summed E-state index contributed by atoms with van der Waals surface area (Å²) in [6, 6.07) is 20.0. The van der Waals surface area contributed by atoms with Gasteiger partial charge in [-0.05, 0) is 49.3 Å². The first-order valence-corrected chi connectivity index (χ1v) is 11.1. The van der Waals surface area contributed by atoms with Crippen molar-refractivity contribution in [1.29, 1.82) is 0 Å². The van der Waals surface area contributed by atoms with Gasteiger partial charge in [0.1, 0.15) is 5.82 Å². The highest BCUT2D eigenvalue weighted by atomic mass is 15.2. The quantitative estimate of drug-likeness (QED) is 0.593. The van der Waals surface area contributed by atoms with Gasteiger partial charge in [-0.15, -0.1) is 0 Å². The SMILES string of the molecule is CC(CNC1CCC(Nc2nc(N(C)C)c3ccccc3n2)CC1)c1ccccc1. The molecule has 5 nitrogen and oxygen atoms in total. The van der Waals surface area contributed by atoms with Gasteiger partial charge in [-0.2, -0.15) is 4.98 Å². The van der Waals surface area contributed by atoms with Crippen molar-refractivity contribution in [2.45, 2.75) is 50.6 Å². The average molecular weight is 404 g/mol. The first-order valence-electron chi connectivity index (χ1n) is 11.1. The highest BCUT2D eigenvalue weighted by Crippen LogP contribution is 2.26. The number of hydrogen-bond acceptors (Lipinski definition) is 5. The maximum atomic E-state index is 4.79. The van der Waals surface area contributed by atoms with Gasteiger partial charge in [-0.3, -0.25) is 0 Å². The average Bonchev–Trinajstić information content (AvgIpc) is 2.78. The van der Waals surface area contributed by atoms with E-state index in [9.17, 15) is 0 Å². The number of rotatable bonds is 7. The molecule has 0 amide bonds. The van der Waals surface area contributed by atoms with Crippen molar-refractivity contribution in [3.05, 3.63) is 60.2 Å². The van der Waals surface area contributed by atoms with Crippen LogP contribution in [0.25, 0.3) is 10.9 Å². The molecule has 0 saturated heterocycles. The van der Waals surface area contributed by atoms with Crippen molar-refractivity contribution >= 4 is 22.7 Å². The highest BCUT2D eigenvalue weighted by Gasteiger charge is 2.22. The van der Waals surface area contributed by atoms with E-state index >= 15 is 0 Å². The Morgan fingerprint density at radius 2 is 1.57 bits per heavy atom. The number of fused-ring (bicyclic) bond motifs is 1. The summed E-state index contributed by atoms with van der Waals surface area (Å²) in [6.07, 6.45) is 4.66. The van der Waals surface area contributed by atoms with Gasteiger partial charge >= 0.3 is 0 Å². The molecule has 1 aliphatic carbocycles. The van der Waals surface area contributed by atoms with Gasteiger partial charge in [0, 0.05) is 38.1 Å². The Labute approximate surface area is 179 Å². The summed E-state index contributed by atoms with van der Waals surface area (Å²) < 4.78 is 0. The lowest BCUT2D eigenvalue weighted by Gasteiger charge is -2.31. The normalized spacial score (nSPS) is 20.1. The first kappa shape index (κ1) is 20.6. The smallest absolute Gasteiger partial charge is 0.225 e. The van der Waals surface area contributed by atoms with E-state index < -0.39 is 0 Å². The number of hydrogen-bond donors (Lipinski definition) is 2. The fourth-order valence-corrected chi connectivity index (χ4v) is 4.33. The van der Waals surface area contributed by atoms with E-state index in [4.69, 9.17) is 9.97 Å². The molecular weight excluding hydrogens is 370 g/mol. The van der Waals surface area contributed by atoms with E-state index in [0.29, 0.717) is 18.0 Å². The zero-order valence-electron chi connectivity index (χ0n) is 18.3. The monoisotopic (exact) mass is 403 g/mol. The maximum Gasteiger partial charge on any atom is 0.225 e. The van der Waals surface area contributed by atoms with Gasteiger partial charge in [0.25, 0.3) is 0 Å². The molecule has 5 heteroatoms. The first-order chi connectivity index (χ1) is 14.6. The Hall–Kier alpha value is -2.66. The molecule has 1 atom stereocenters. The van der Waals surface area contributed by atoms with Crippen molar-refractivity contribution in [3.8, 4) is 0 Å². The molecule has 2 aromatic carbocycles. The topological polar surface area (TPSA) is 53.1 Å². The largest absolute Gasteiger partial charge is 0.362 e. The van der Waals surface area contributed by atoms with E-state index in [-0.39, 0.29) is 0 Å². The molecule has 158 valence electrons. The summed E-state index contributed by atoms with van der Waals surface area (Å²) in [7, 11) is 4.07. The number of anilines is 2. The minimum Gasteiger partial charge on any atom is -0.362 e. The lowest BCUT2D eigenvalue weighted by Crippen LogP contribution is -2.38. The fourth-order valence-electron chi connectivity index (χ4n) is 4.33. The van der Waals surface area contributed by atoms with Gasteiger partial charge in [0.15, 0.2) is 0 Å². The Balaban J connectivity index is 1.32. The standard InChI is InChI=1S/C25H33N5/c1-18(19-9-5-4-6-10-19)17-26-20-13-15-21(16-14-20)27-25-28-23-12-8-7-11-22(23)24(29-25)30(2)3/h4-12,18,20-21,26H,13-17H2,1-3H3,(H,27,28,29). The van der Waals surface area contributed by atoms with Gasteiger partial charge < -0.3 is 15.5 Å². The molecule has 0 aliphatic heterocycles. The van der Waals surface area contributed by atoms with E-state index in [1.165, 1.54) is 18.4 Å². The molecular formula is C25H33N5. The van der Waals surface area contributed by atoms with Crippen LogP contribution >= 0.6 is 0 Å². The third-order valence-corrected chi connectivity index (χ3v) is 6.15. The zero-order valence-corrected chi connectivity index (χ0v) is 18.3. The van der Waals surface area contributed by atoms with Crippen LogP contribution in [-0.4, -0.2) is 42.7 Å². The summed E-state index contributed by atoms with van der Waals surface area (Å²) in [6.45, 7) is 3.33. The van der Waals surface area contributed by atoms with Crippen molar-refractivity contribution < 1.29 is 0 Å². The number of para-hydroxylation sites is 1. The molecule has 1 unspecified atom stereocenters. The maximum absolute atomic E-state index is 4.79. The predicted molar refractivity (Wildman–Crippen MR) is 126 cm³/mol. The molecule has 0 spiro atoms. The molecule has 0 radical (unpaired) electrons. The van der Waals surface area contributed by atoms with Crippen LogP contribution in [-0.2, 0) is 0 Å². The second kappa shape index (κ2) is 9.43. The van der Waals surface area contributed by atoms with Gasteiger partial charge in [-0.25, -0.2) is 4.98 Å². The Bertz CT molecular complexity index is 948. The summed E-state index contributed by atoms with van der Waals surface area (Å²) in [4.78, 5) is 11.6. The Morgan fingerprint density at radius 1 is 0.900 bits per heavy atom. The molecule has 4 rings (SSSR count). The summed E-state index contributed by atoms with van der Waals surface area (Å²) >= 11 is 0. The van der Waals surface area contributed by atoms with Crippen molar-refractivity contribution in [1.82, 2.24) is 15.3 Å². The predicted octanol–water partition coefficient (Wildman–Crippen LogP) is 4.81. The second-order valence-electron chi connectivity index (χ2n) is 8.70. The lowest BCUT2D eigenvalue weighted by molar-refractivity contribution is 0.348. The Morgan fingerprint density at radius 3 is 2.30 bits per heavy atom. The van der Waals surface area contributed by atoms with E-state index in [1.54, 1.807) is 0 Å². The number of nitrogens with one attached hydrogen (secondary N) is 2. The summed E-state index contributed by atoms with van der Waals surface area (Å²) in [5.41, 5.74) is 2.40.